The normalized spacial score (nSPS) is 11.1. The predicted octanol–water partition coefficient (Wildman–Crippen LogP) is 3.99. The SMILES string of the molecule is COc1ccc(CC(=O)NCC(C)(C)c2cccc(Cl)c2)cc1. The Hall–Kier alpha value is -2.00. The maximum Gasteiger partial charge on any atom is 0.224 e. The lowest BCUT2D eigenvalue weighted by molar-refractivity contribution is -0.120. The average Bonchev–Trinajstić information content (AvgIpc) is 2.54. The quantitative estimate of drug-likeness (QED) is 0.869. The van der Waals surface area contributed by atoms with E-state index in [9.17, 15) is 4.79 Å². The molecule has 23 heavy (non-hydrogen) atoms. The molecule has 2 aromatic carbocycles. The van der Waals surface area contributed by atoms with E-state index >= 15 is 0 Å². The fourth-order valence-electron chi connectivity index (χ4n) is 2.32. The maximum absolute atomic E-state index is 12.1. The largest absolute Gasteiger partial charge is 0.497 e. The monoisotopic (exact) mass is 331 g/mol. The molecule has 0 aromatic heterocycles. The third-order valence-corrected chi connectivity index (χ3v) is 4.09. The van der Waals surface area contributed by atoms with E-state index < -0.39 is 0 Å². The van der Waals surface area contributed by atoms with Crippen LogP contribution in [0.1, 0.15) is 25.0 Å². The van der Waals surface area contributed by atoms with Crippen LogP contribution < -0.4 is 10.1 Å². The molecule has 0 bridgehead atoms. The number of carbonyl (C=O) groups excluding carboxylic acids is 1. The number of methoxy groups -OCH3 is 1. The van der Waals surface area contributed by atoms with Gasteiger partial charge >= 0.3 is 0 Å². The van der Waals surface area contributed by atoms with Gasteiger partial charge in [-0.15, -0.1) is 0 Å². The number of carbonyl (C=O) groups is 1. The fourth-order valence-corrected chi connectivity index (χ4v) is 2.51. The number of hydrogen-bond donors (Lipinski definition) is 1. The van der Waals surface area contributed by atoms with Gasteiger partial charge in [0.1, 0.15) is 5.75 Å². The Morgan fingerprint density at radius 2 is 1.87 bits per heavy atom. The first-order valence-corrected chi connectivity index (χ1v) is 7.94. The number of ether oxygens (including phenoxy) is 1. The molecule has 2 rings (SSSR count). The zero-order valence-corrected chi connectivity index (χ0v) is 14.5. The average molecular weight is 332 g/mol. The van der Waals surface area contributed by atoms with Crippen LogP contribution in [-0.4, -0.2) is 19.6 Å². The van der Waals surface area contributed by atoms with Crippen molar-refractivity contribution >= 4 is 17.5 Å². The molecule has 0 atom stereocenters. The van der Waals surface area contributed by atoms with E-state index in [1.165, 1.54) is 0 Å². The highest BCUT2D eigenvalue weighted by Gasteiger charge is 2.21. The summed E-state index contributed by atoms with van der Waals surface area (Å²) in [5, 5.41) is 3.71. The number of amides is 1. The summed E-state index contributed by atoms with van der Waals surface area (Å²) in [6.07, 6.45) is 0.357. The van der Waals surface area contributed by atoms with E-state index in [1.54, 1.807) is 7.11 Å². The minimum absolute atomic E-state index is 0.00488. The Morgan fingerprint density at radius 3 is 2.48 bits per heavy atom. The van der Waals surface area contributed by atoms with Gasteiger partial charge in [0.15, 0.2) is 0 Å². The van der Waals surface area contributed by atoms with Gasteiger partial charge in [-0.05, 0) is 35.4 Å². The van der Waals surface area contributed by atoms with Gasteiger partial charge < -0.3 is 10.1 Å². The molecule has 1 N–H and O–H groups in total. The molecule has 0 saturated carbocycles. The molecule has 0 spiro atoms. The minimum Gasteiger partial charge on any atom is -0.497 e. The zero-order chi connectivity index (χ0) is 16.9. The summed E-state index contributed by atoms with van der Waals surface area (Å²) in [6, 6.07) is 15.3. The van der Waals surface area contributed by atoms with Crippen LogP contribution in [0, 0.1) is 0 Å². The van der Waals surface area contributed by atoms with Crippen LogP contribution >= 0.6 is 11.6 Å². The van der Waals surface area contributed by atoms with E-state index in [0.717, 1.165) is 16.9 Å². The summed E-state index contributed by atoms with van der Waals surface area (Å²) < 4.78 is 5.11. The Morgan fingerprint density at radius 1 is 1.17 bits per heavy atom. The molecule has 0 saturated heterocycles. The lowest BCUT2D eigenvalue weighted by Crippen LogP contribution is -2.37. The van der Waals surface area contributed by atoms with Crippen LogP contribution in [0.2, 0.25) is 5.02 Å². The summed E-state index contributed by atoms with van der Waals surface area (Å²) >= 11 is 6.05. The van der Waals surface area contributed by atoms with Crippen molar-refractivity contribution in [1.29, 1.82) is 0 Å². The van der Waals surface area contributed by atoms with Gasteiger partial charge in [0.2, 0.25) is 5.91 Å². The second-order valence-corrected chi connectivity index (χ2v) is 6.63. The third-order valence-electron chi connectivity index (χ3n) is 3.86. The summed E-state index contributed by atoms with van der Waals surface area (Å²) in [4.78, 5) is 12.1. The smallest absolute Gasteiger partial charge is 0.224 e. The van der Waals surface area contributed by atoms with Crippen LogP contribution in [0.3, 0.4) is 0 Å². The molecule has 0 aliphatic heterocycles. The van der Waals surface area contributed by atoms with E-state index in [2.05, 4.69) is 19.2 Å². The van der Waals surface area contributed by atoms with Crippen LogP contribution in [-0.2, 0) is 16.6 Å². The van der Waals surface area contributed by atoms with Crippen molar-refractivity contribution in [3.8, 4) is 5.75 Å². The Labute approximate surface area is 142 Å². The van der Waals surface area contributed by atoms with E-state index in [1.807, 2.05) is 48.5 Å². The first kappa shape index (κ1) is 17.4. The number of rotatable bonds is 6. The molecule has 0 aliphatic rings. The third kappa shape index (κ3) is 5.00. The molecule has 122 valence electrons. The van der Waals surface area contributed by atoms with Gasteiger partial charge in [-0.1, -0.05) is 49.7 Å². The van der Waals surface area contributed by atoms with Crippen LogP contribution in [0.4, 0.5) is 0 Å². The van der Waals surface area contributed by atoms with Crippen molar-refractivity contribution in [1.82, 2.24) is 5.32 Å². The molecule has 1 amide bonds. The van der Waals surface area contributed by atoms with Crippen LogP contribution in [0.15, 0.2) is 48.5 Å². The van der Waals surface area contributed by atoms with Crippen molar-refractivity contribution < 1.29 is 9.53 Å². The van der Waals surface area contributed by atoms with Crippen molar-refractivity contribution in [3.63, 3.8) is 0 Å². The summed E-state index contributed by atoms with van der Waals surface area (Å²) in [6.45, 7) is 4.74. The van der Waals surface area contributed by atoms with Crippen molar-refractivity contribution in [2.45, 2.75) is 25.7 Å². The molecule has 0 unspecified atom stereocenters. The Bertz CT molecular complexity index is 665. The highest BCUT2D eigenvalue weighted by molar-refractivity contribution is 6.30. The maximum atomic E-state index is 12.1. The highest BCUT2D eigenvalue weighted by atomic mass is 35.5. The number of halogens is 1. The second-order valence-electron chi connectivity index (χ2n) is 6.20. The first-order valence-electron chi connectivity index (χ1n) is 7.56. The van der Waals surface area contributed by atoms with Crippen LogP contribution in [0.5, 0.6) is 5.75 Å². The predicted molar refractivity (Wildman–Crippen MR) is 94.2 cm³/mol. The molecule has 0 radical (unpaired) electrons. The number of benzene rings is 2. The number of hydrogen-bond acceptors (Lipinski definition) is 2. The second kappa shape index (κ2) is 7.51. The molecule has 0 aliphatic carbocycles. The van der Waals surface area contributed by atoms with Gasteiger partial charge in [-0.2, -0.15) is 0 Å². The lowest BCUT2D eigenvalue weighted by Gasteiger charge is -2.26. The molecular formula is C19H22ClNO2. The van der Waals surface area contributed by atoms with E-state index in [4.69, 9.17) is 16.3 Å². The van der Waals surface area contributed by atoms with E-state index in [0.29, 0.717) is 18.0 Å². The van der Waals surface area contributed by atoms with Gasteiger partial charge in [-0.25, -0.2) is 0 Å². The lowest BCUT2D eigenvalue weighted by atomic mass is 9.84. The van der Waals surface area contributed by atoms with Gasteiger partial charge in [0.05, 0.1) is 13.5 Å². The van der Waals surface area contributed by atoms with Crippen molar-refractivity contribution in [2.24, 2.45) is 0 Å². The summed E-state index contributed by atoms with van der Waals surface area (Å²) in [5.74, 6) is 0.793. The molecule has 4 heteroatoms. The van der Waals surface area contributed by atoms with E-state index in [-0.39, 0.29) is 11.3 Å². The zero-order valence-electron chi connectivity index (χ0n) is 13.7. The molecular weight excluding hydrogens is 310 g/mol. The van der Waals surface area contributed by atoms with Crippen molar-refractivity contribution in [2.75, 3.05) is 13.7 Å². The molecule has 3 nitrogen and oxygen atoms in total. The first-order chi connectivity index (χ1) is 10.9. The number of nitrogens with one attached hydrogen (secondary N) is 1. The van der Waals surface area contributed by atoms with Crippen LogP contribution in [0.25, 0.3) is 0 Å². The van der Waals surface area contributed by atoms with Gasteiger partial charge in [0, 0.05) is 17.0 Å². The molecule has 0 heterocycles. The molecule has 0 fully saturated rings. The van der Waals surface area contributed by atoms with Gasteiger partial charge in [-0.3, -0.25) is 4.79 Å². The summed E-state index contributed by atoms with van der Waals surface area (Å²) in [5.41, 5.74) is 1.89. The molecule has 2 aromatic rings. The van der Waals surface area contributed by atoms with Gasteiger partial charge in [0.25, 0.3) is 0 Å². The van der Waals surface area contributed by atoms with Crippen molar-refractivity contribution in [3.05, 3.63) is 64.7 Å². The Kier molecular flexibility index (Phi) is 5.67. The Balaban J connectivity index is 1.92. The topological polar surface area (TPSA) is 38.3 Å². The fraction of sp³-hybridized carbons (Fsp3) is 0.316. The minimum atomic E-state index is -0.180. The summed E-state index contributed by atoms with van der Waals surface area (Å²) in [7, 11) is 1.62. The highest BCUT2D eigenvalue weighted by Crippen LogP contribution is 2.24. The standard InChI is InChI=1S/C19H22ClNO2/c1-19(2,15-5-4-6-16(20)12-15)13-21-18(22)11-14-7-9-17(23-3)10-8-14/h4-10,12H,11,13H2,1-3H3,(H,21,22).